The molecule has 0 spiro atoms. The van der Waals surface area contributed by atoms with Gasteiger partial charge in [-0.1, -0.05) is 55.8 Å². The summed E-state index contributed by atoms with van der Waals surface area (Å²) in [6.45, 7) is 10.2. The van der Waals surface area contributed by atoms with Gasteiger partial charge in [0.25, 0.3) is 5.56 Å². The van der Waals surface area contributed by atoms with Gasteiger partial charge in [0.2, 0.25) is 0 Å². The van der Waals surface area contributed by atoms with Crippen molar-refractivity contribution in [2.45, 2.75) is 52.6 Å². The van der Waals surface area contributed by atoms with Gasteiger partial charge in [0.1, 0.15) is 11.6 Å². The van der Waals surface area contributed by atoms with Crippen molar-refractivity contribution < 1.29 is 4.74 Å². The van der Waals surface area contributed by atoms with Crippen molar-refractivity contribution in [3.8, 4) is 5.75 Å². The maximum atomic E-state index is 13.2. The van der Waals surface area contributed by atoms with Gasteiger partial charge in [0.05, 0.1) is 23.2 Å². The van der Waals surface area contributed by atoms with E-state index < -0.39 is 0 Å². The minimum Gasteiger partial charge on any atom is -0.490 e. The number of aromatic nitrogens is 2. The second-order valence-electron chi connectivity index (χ2n) is 8.08. The zero-order valence-corrected chi connectivity index (χ0v) is 19.0. The Morgan fingerprint density at radius 1 is 1.24 bits per heavy atom. The minimum absolute atomic E-state index is 0.0945. The summed E-state index contributed by atoms with van der Waals surface area (Å²) in [6.07, 6.45) is 2.67. The zero-order valence-electron chi connectivity index (χ0n) is 17.4. The van der Waals surface area contributed by atoms with Gasteiger partial charge in [0, 0.05) is 15.5 Å². The lowest BCUT2D eigenvalue weighted by Crippen LogP contribution is -2.29. The fraction of sp³-hybridized carbons (Fsp3) is 0.348. The molecule has 1 atom stereocenters. The Bertz CT molecular complexity index is 1110. The average Bonchev–Trinajstić information content (AvgIpc) is 2.67. The zero-order chi connectivity index (χ0) is 21.2. The number of nitrogens with zero attached hydrogens (tertiary/aromatic N) is 3. The Morgan fingerprint density at radius 3 is 2.66 bits per heavy atom. The molecule has 0 unspecified atom stereocenters. The van der Waals surface area contributed by atoms with Crippen molar-refractivity contribution in [3.63, 3.8) is 0 Å². The van der Waals surface area contributed by atoms with Crippen LogP contribution >= 0.6 is 15.9 Å². The largest absolute Gasteiger partial charge is 0.490 e. The van der Waals surface area contributed by atoms with Crippen LogP contribution in [0, 0.1) is 0 Å². The van der Waals surface area contributed by atoms with Crippen LogP contribution in [0.25, 0.3) is 10.9 Å². The molecule has 1 aromatic heterocycles. The molecule has 0 fully saturated rings. The van der Waals surface area contributed by atoms with Gasteiger partial charge >= 0.3 is 0 Å². The summed E-state index contributed by atoms with van der Waals surface area (Å²) in [4.78, 5) is 18.0. The summed E-state index contributed by atoms with van der Waals surface area (Å²) in [7, 11) is 0. The second-order valence-corrected chi connectivity index (χ2v) is 9.00. The van der Waals surface area contributed by atoms with E-state index in [1.807, 2.05) is 64.1 Å². The molecule has 3 aromatic rings. The van der Waals surface area contributed by atoms with Gasteiger partial charge in [-0.05, 0) is 43.7 Å². The number of hydrogen-bond acceptors (Lipinski definition) is 4. The standard InChI is InChI=1S/C23H26BrN3O2/c1-6-15(2)29-20-10-8-7-9-16(20)14-25-27-21(28)18-13-17(24)11-12-19(18)26-22(27)23(3,4)5/h7-15H,6H2,1-5H3/t15-/m0/s1. The first-order valence-corrected chi connectivity index (χ1v) is 10.5. The molecule has 0 saturated heterocycles. The molecule has 152 valence electrons. The molecule has 0 aliphatic carbocycles. The molecule has 0 aliphatic heterocycles. The molecule has 0 saturated carbocycles. The summed E-state index contributed by atoms with van der Waals surface area (Å²) in [5, 5.41) is 5.06. The highest BCUT2D eigenvalue weighted by Crippen LogP contribution is 2.23. The Hall–Kier alpha value is -2.47. The Morgan fingerprint density at radius 2 is 1.97 bits per heavy atom. The molecular formula is C23H26BrN3O2. The summed E-state index contributed by atoms with van der Waals surface area (Å²) in [5.41, 5.74) is 0.923. The number of fused-ring (bicyclic) bond motifs is 1. The van der Waals surface area contributed by atoms with Gasteiger partial charge in [-0.2, -0.15) is 9.78 Å². The molecule has 0 radical (unpaired) electrons. The lowest BCUT2D eigenvalue weighted by atomic mass is 9.95. The maximum Gasteiger partial charge on any atom is 0.282 e. The van der Waals surface area contributed by atoms with Crippen LogP contribution in [0.15, 0.2) is 56.8 Å². The van der Waals surface area contributed by atoms with Gasteiger partial charge in [-0.25, -0.2) is 4.98 Å². The first-order chi connectivity index (χ1) is 13.7. The number of hydrogen-bond donors (Lipinski definition) is 0. The predicted octanol–water partition coefficient (Wildman–Crippen LogP) is 5.52. The van der Waals surface area contributed by atoms with Crippen LogP contribution in [0.1, 0.15) is 52.4 Å². The van der Waals surface area contributed by atoms with Crippen LogP contribution in [-0.2, 0) is 5.41 Å². The van der Waals surface area contributed by atoms with E-state index >= 15 is 0 Å². The van der Waals surface area contributed by atoms with E-state index in [-0.39, 0.29) is 17.1 Å². The van der Waals surface area contributed by atoms with E-state index in [0.29, 0.717) is 16.7 Å². The summed E-state index contributed by atoms with van der Waals surface area (Å²) in [6, 6.07) is 13.2. The third-order valence-electron chi connectivity index (χ3n) is 4.61. The highest BCUT2D eigenvalue weighted by atomic mass is 79.9. The van der Waals surface area contributed by atoms with Crippen LogP contribution in [0.3, 0.4) is 0 Å². The predicted molar refractivity (Wildman–Crippen MR) is 122 cm³/mol. The smallest absolute Gasteiger partial charge is 0.282 e. The molecule has 29 heavy (non-hydrogen) atoms. The normalized spacial score (nSPS) is 13.2. The Kier molecular flexibility index (Phi) is 6.22. The molecule has 3 rings (SSSR count). The first-order valence-electron chi connectivity index (χ1n) is 9.73. The van der Waals surface area contributed by atoms with Gasteiger partial charge in [0.15, 0.2) is 0 Å². The van der Waals surface area contributed by atoms with Gasteiger partial charge in [-0.3, -0.25) is 4.79 Å². The van der Waals surface area contributed by atoms with Crippen LogP contribution < -0.4 is 10.3 Å². The summed E-state index contributed by atoms with van der Waals surface area (Å²) < 4.78 is 8.22. The van der Waals surface area contributed by atoms with Crippen molar-refractivity contribution >= 4 is 33.0 Å². The van der Waals surface area contributed by atoms with Gasteiger partial charge in [-0.15, -0.1) is 0 Å². The SMILES string of the molecule is CC[C@H](C)Oc1ccccc1C=Nn1c(C(C)(C)C)nc2ccc(Br)cc2c1=O. The maximum absolute atomic E-state index is 13.2. The highest BCUT2D eigenvalue weighted by Gasteiger charge is 2.23. The van der Waals surface area contributed by atoms with Gasteiger partial charge < -0.3 is 4.74 Å². The molecule has 0 N–H and O–H groups in total. The Labute approximate surface area is 179 Å². The fourth-order valence-corrected chi connectivity index (χ4v) is 3.22. The van der Waals surface area contributed by atoms with Crippen molar-refractivity contribution in [1.29, 1.82) is 0 Å². The van der Waals surface area contributed by atoms with E-state index in [9.17, 15) is 4.79 Å². The summed E-state index contributed by atoms with van der Waals surface area (Å²) >= 11 is 3.43. The number of benzene rings is 2. The quantitative estimate of drug-likeness (QED) is 0.476. The molecule has 0 amide bonds. The van der Waals surface area contributed by atoms with Crippen LogP contribution in [0.5, 0.6) is 5.75 Å². The van der Waals surface area contributed by atoms with Crippen LogP contribution in [0.2, 0.25) is 0 Å². The molecule has 0 aliphatic rings. The third kappa shape index (κ3) is 4.75. The molecule has 1 heterocycles. The molecular weight excluding hydrogens is 430 g/mol. The van der Waals surface area contributed by atoms with Crippen molar-refractivity contribution in [1.82, 2.24) is 9.66 Å². The second kappa shape index (κ2) is 8.49. The van der Waals surface area contributed by atoms with E-state index in [1.54, 1.807) is 12.3 Å². The van der Waals surface area contributed by atoms with Crippen molar-refractivity contribution in [2.75, 3.05) is 0 Å². The average molecular weight is 456 g/mol. The molecule has 5 nitrogen and oxygen atoms in total. The number of ether oxygens (including phenoxy) is 1. The van der Waals surface area contributed by atoms with Crippen molar-refractivity contribution in [2.24, 2.45) is 5.10 Å². The van der Waals surface area contributed by atoms with E-state index in [0.717, 1.165) is 22.2 Å². The molecule has 0 bridgehead atoms. The lowest BCUT2D eigenvalue weighted by molar-refractivity contribution is 0.217. The lowest BCUT2D eigenvalue weighted by Gasteiger charge is -2.21. The molecule has 6 heteroatoms. The number of rotatable bonds is 5. The van der Waals surface area contributed by atoms with E-state index in [1.165, 1.54) is 4.68 Å². The topological polar surface area (TPSA) is 56.5 Å². The number of para-hydroxylation sites is 1. The third-order valence-corrected chi connectivity index (χ3v) is 5.11. The Balaban J connectivity index is 2.15. The minimum atomic E-state index is -0.357. The molecule has 2 aromatic carbocycles. The first kappa shape index (κ1) is 21.2. The monoisotopic (exact) mass is 455 g/mol. The summed E-state index contributed by atoms with van der Waals surface area (Å²) in [5.74, 6) is 1.35. The van der Waals surface area contributed by atoms with E-state index in [4.69, 9.17) is 9.72 Å². The number of halogens is 1. The highest BCUT2D eigenvalue weighted by molar-refractivity contribution is 9.10. The van der Waals surface area contributed by atoms with Crippen LogP contribution in [0.4, 0.5) is 0 Å². The van der Waals surface area contributed by atoms with Crippen molar-refractivity contribution in [3.05, 3.63) is 68.7 Å². The van der Waals surface area contributed by atoms with Crippen LogP contribution in [-0.4, -0.2) is 22.0 Å². The fourth-order valence-electron chi connectivity index (χ4n) is 2.86. The van der Waals surface area contributed by atoms with E-state index in [2.05, 4.69) is 28.0 Å².